The summed E-state index contributed by atoms with van der Waals surface area (Å²) in [5, 5.41) is 0. The number of hydrogen-bond acceptors (Lipinski definition) is 0. The first-order valence-electron chi connectivity index (χ1n) is 8.16. The Bertz CT molecular complexity index is 480. The van der Waals surface area contributed by atoms with Gasteiger partial charge in [0, 0.05) is 0 Å². The Hall–Kier alpha value is -0.990. The van der Waals surface area contributed by atoms with Crippen LogP contribution in [-0.4, -0.2) is 0 Å². The molecule has 0 spiro atoms. The first-order valence-corrected chi connectivity index (χ1v) is 8.16. The molecule has 22 heavy (non-hydrogen) atoms. The van der Waals surface area contributed by atoms with E-state index in [4.69, 9.17) is 0 Å². The minimum Gasteiger partial charge on any atom is -0.204 e. The average molecular weight is 314 g/mol. The monoisotopic (exact) mass is 314 g/mol. The van der Waals surface area contributed by atoms with Gasteiger partial charge in [0.05, 0.1) is 0 Å². The van der Waals surface area contributed by atoms with Gasteiger partial charge in [-0.3, -0.25) is 0 Å². The van der Waals surface area contributed by atoms with Crippen molar-refractivity contribution in [3.05, 3.63) is 35.1 Å². The van der Waals surface area contributed by atoms with E-state index in [2.05, 4.69) is 27.7 Å². The lowest BCUT2D eigenvalue weighted by atomic mass is 9.67. The summed E-state index contributed by atoms with van der Waals surface area (Å²) >= 11 is 0. The zero-order valence-corrected chi connectivity index (χ0v) is 14.7. The van der Waals surface area contributed by atoms with E-state index in [9.17, 15) is 13.2 Å². The van der Waals surface area contributed by atoms with Gasteiger partial charge < -0.3 is 0 Å². The second-order valence-electron chi connectivity index (χ2n) is 7.84. The summed E-state index contributed by atoms with van der Waals surface area (Å²) in [7, 11) is 0. The van der Waals surface area contributed by atoms with E-state index in [1.807, 2.05) is 13.8 Å². The van der Waals surface area contributed by atoms with Gasteiger partial charge in [-0.05, 0) is 47.3 Å². The summed E-state index contributed by atoms with van der Waals surface area (Å²) in [4.78, 5) is 0. The number of halogens is 3. The van der Waals surface area contributed by atoms with Crippen molar-refractivity contribution in [3.8, 4) is 0 Å². The summed E-state index contributed by atoms with van der Waals surface area (Å²) in [5.41, 5.74) is 0.282. The molecule has 3 heteroatoms. The van der Waals surface area contributed by atoms with Crippen LogP contribution in [0.2, 0.25) is 0 Å². The van der Waals surface area contributed by atoms with Crippen LogP contribution in [0.5, 0.6) is 0 Å². The van der Waals surface area contributed by atoms with Gasteiger partial charge in [-0.15, -0.1) is 0 Å². The highest BCUT2D eigenvalue weighted by molar-refractivity contribution is 5.26. The van der Waals surface area contributed by atoms with Crippen LogP contribution in [0.15, 0.2) is 12.1 Å². The Morgan fingerprint density at radius 2 is 1.50 bits per heavy atom. The Morgan fingerprint density at radius 3 is 1.95 bits per heavy atom. The molecule has 0 saturated heterocycles. The fourth-order valence-electron chi connectivity index (χ4n) is 2.98. The summed E-state index contributed by atoms with van der Waals surface area (Å²) in [5.74, 6) is -3.22. The fraction of sp³-hybridized carbons (Fsp3) is 0.684. The molecule has 0 bridgehead atoms. The van der Waals surface area contributed by atoms with Gasteiger partial charge >= 0.3 is 0 Å². The van der Waals surface area contributed by atoms with Crippen LogP contribution in [0.1, 0.15) is 72.8 Å². The second kappa shape index (κ2) is 7.06. The number of rotatable bonds is 7. The maximum atomic E-state index is 13.5. The summed E-state index contributed by atoms with van der Waals surface area (Å²) < 4.78 is 40.1. The largest absolute Gasteiger partial charge is 0.204 e. The van der Waals surface area contributed by atoms with Crippen molar-refractivity contribution in [2.45, 2.75) is 72.6 Å². The Morgan fingerprint density at radius 1 is 1.00 bits per heavy atom. The zero-order valence-electron chi connectivity index (χ0n) is 14.7. The Kier molecular flexibility index (Phi) is 6.11. The molecular formula is C19H29F3. The van der Waals surface area contributed by atoms with Crippen molar-refractivity contribution in [1.82, 2.24) is 0 Å². The SMILES string of the molecule is CCCCC(C)(C)C(C)CC(C)(C)c1cc(F)c(F)c(F)c1. The molecule has 1 unspecified atom stereocenters. The van der Waals surface area contributed by atoms with E-state index < -0.39 is 22.9 Å². The van der Waals surface area contributed by atoms with Gasteiger partial charge in [-0.2, -0.15) is 0 Å². The summed E-state index contributed by atoms with van der Waals surface area (Å²) in [6.07, 6.45) is 4.27. The van der Waals surface area contributed by atoms with E-state index in [0.29, 0.717) is 11.5 Å². The van der Waals surface area contributed by atoms with Crippen LogP contribution in [-0.2, 0) is 5.41 Å². The van der Waals surface area contributed by atoms with Crippen molar-refractivity contribution in [2.24, 2.45) is 11.3 Å². The number of benzene rings is 1. The van der Waals surface area contributed by atoms with Crippen LogP contribution in [0.3, 0.4) is 0 Å². The minimum absolute atomic E-state index is 0.171. The second-order valence-corrected chi connectivity index (χ2v) is 7.84. The topological polar surface area (TPSA) is 0 Å². The van der Waals surface area contributed by atoms with E-state index in [-0.39, 0.29) is 5.41 Å². The fourth-order valence-corrected chi connectivity index (χ4v) is 2.98. The lowest BCUT2D eigenvalue weighted by Gasteiger charge is -2.38. The molecule has 0 amide bonds. The molecule has 0 aliphatic carbocycles. The lowest BCUT2D eigenvalue weighted by Crippen LogP contribution is -2.29. The molecule has 1 aromatic carbocycles. The first kappa shape index (κ1) is 19.1. The average Bonchev–Trinajstić information content (AvgIpc) is 2.41. The van der Waals surface area contributed by atoms with E-state index in [0.717, 1.165) is 31.4 Å². The molecule has 0 radical (unpaired) electrons. The van der Waals surface area contributed by atoms with Crippen LogP contribution in [0.4, 0.5) is 13.2 Å². The van der Waals surface area contributed by atoms with E-state index in [1.54, 1.807) is 0 Å². The summed E-state index contributed by atoms with van der Waals surface area (Å²) in [6.45, 7) is 12.8. The normalized spacial score (nSPS) is 14.2. The quantitative estimate of drug-likeness (QED) is 0.496. The zero-order chi connectivity index (χ0) is 17.1. The third-order valence-electron chi connectivity index (χ3n) is 5.09. The van der Waals surface area contributed by atoms with Crippen molar-refractivity contribution in [1.29, 1.82) is 0 Å². The molecule has 126 valence electrons. The molecule has 1 aromatic rings. The molecule has 1 rings (SSSR count). The Labute approximate surface area is 133 Å². The highest BCUT2D eigenvalue weighted by Gasteiger charge is 2.32. The first-order chi connectivity index (χ1) is 10.0. The predicted octanol–water partition coefficient (Wildman–Crippen LogP) is 6.62. The maximum Gasteiger partial charge on any atom is 0.194 e. The van der Waals surface area contributed by atoms with Crippen LogP contribution in [0.25, 0.3) is 0 Å². The van der Waals surface area contributed by atoms with Gasteiger partial charge in [-0.25, -0.2) is 13.2 Å². The molecule has 0 aliphatic heterocycles. The third kappa shape index (κ3) is 4.50. The smallest absolute Gasteiger partial charge is 0.194 e. The maximum absolute atomic E-state index is 13.5. The molecule has 1 atom stereocenters. The van der Waals surface area contributed by atoms with Gasteiger partial charge in [-0.1, -0.05) is 54.4 Å². The standard InChI is InChI=1S/C19H29F3/c1-7-8-9-18(3,4)13(2)12-19(5,6)14-10-15(20)17(22)16(21)11-14/h10-11,13H,7-9,12H2,1-6H3. The van der Waals surface area contributed by atoms with Gasteiger partial charge in [0.25, 0.3) is 0 Å². The molecule has 0 nitrogen and oxygen atoms in total. The van der Waals surface area contributed by atoms with Crippen LogP contribution < -0.4 is 0 Å². The Balaban J connectivity index is 2.95. The van der Waals surface area contributed by atoms with E-state index >= 15 is 0 Å². The summed E-state index contributed by atoms with van der Waals surface area (Å²) in [6, 6.07) is 2.26. The van der Waals surface area contributed by atoms with Gasteiger partial charge in [0.1, 0.15) is 0 Å². The molecule has 0 aliphatic rings. The third-order valence-corrected chi connectivity index (χ3v) is 5.09. The molecule has 0 N–H and O–H groups in total. The van der Waals surface area contributed by atoms with Crippen molar-refractivity contribution in [3.63, 3.8) is 0 Å². The lowest BCUT2D eigenvalue weighted by molar-refractivity contribution is 0.167. The molecular weight excluding hydrogens is 285 g/mol. The molecule has 0 heterocycles. The number of hydrogen-bond donors (Lipinski definition) is 0. The predicted molar refractivity (Wildman–Crippen MR) is 86.4 cm³/mol. The molecule has 0 fully saturated rings. The number of unbranched alkanes of at least 4 members (excludes halogenated alkanes) is 1. The van der Waals surface area contributed by atoms with Gasteiger partial charge in [0.2, 0.25) is 0 Å². The highest BCUT2D eigenvalue weighted by Crippen LogP contribution is 2.41. The minimum atomic E-state index is -1.39. The van der Waals surface area contributed by atoms with Crippen molar-refractivity contribution in [2.75, 3.05) is 0 Å². The van der Waals surface area contributed by atoms with Crippen LogP contribution >= 0.6 is 0 Å². The van der Waals surface area contributed by atoms with Gasteiger partial charge in [0.15, 0.2) is 17.5 Å². The molecule has 0 saturated carbocycles. The highest BCUT2D eigenvalue weighted by atomic mass is 19.2. The van der Waals surface area contributed by atoms with Crippen molar-refractivity contribution < 1.29 is 13.2 Å². The van der Waals surface area contributed by atoms with Crippen molar-refractivity contribution >= 4 is 0 Å². The van der Waals surface area contributed by atoms with Crippen LogP contribution in [0, 0.1) is 28.8 Å². The van der Waals surface area contributed by atoms with E-state index in [1.165, 1.54) is 6.42 Å². The molecule has 0 aromatic heterocycles.